The first kappa shape index (κ1) is 12.0. The summed E-state index contributed by atoms with van der Waals surface area (Å²) in [5.41, 5.74) is 1.41. The van der Waals surface area contributed by atoms with Crippen LogP contribution >= 0.6 is 22.6 Å². The molecule has 0 aliphatic heterocycles. The van der Waals surface area contributed by atoms with Gasteiger partial charge >= 0.3 is 0 Å². The third kappa shape index (κ3) is 3.58. The molecule has 0 aromatic heterocycles. The Bertz CT molecular complexity index is 273. The van der Waals surface area contributed by atoms with Crippen LogP contribution in [0.15, 0.2) is 24.3 Å². The van der Waals surface area contributed by atoms with Crippen molar-refractivity contribution < 1.29 is 0 Å². The smallest absolute Gasteiger partial charge is 0.0317 e. The number of rotatable bonds is 5. The number of halogens is 1. The first-order chi connectivity index (χ1) is 6.77. The molecule has 0 radical (unpaired) electrons. The van der Waals surface area contributed by atoms with Crippen molar-refractivity contribution in [3.8, 4) is 0 Å². The molecule has 1 nitrogen and oxygen atoms in total. The zero-order valence-corrected chi connectivity index (χ0v) is 11.0. The van der Waals surface area contributed by atoms with Gasteiger partial charge in [0.05, 0.1) is 0 Å². The highest BCUT2D eigenvalue weighted by Crippen LogP contribution is 2.18. The molecule has 14 heavy (non-hydrogen) atoms. The lowest BCUT2D eigenvalue weighted by atomic mass is 10.0. The Morgan fingerprint density at radius 2 is 2.14 bits per heavy atom. The summed E-state index contributed by atoms with van der Waals surface area (Å²) in [4.78, 5) is 0. The molecule has 0 amide bonds. The molecule has 0 aliphatic rings. The van der Waals surface area contributed by atoms with Gasteiger partial charge in [-0.05, 0) is 59.7 Å². The summed E-state index contributed by atoms with van der Waals surface area (Å²) in [5.74, 6) is 0. The molecule has 0 saturated heterocycles. The largest absolute Gasteiger partial charge is 0.310 e. The van der Waals surface area contributed by atoms with Crippen molar-refractivity contribution in [1.29, 1.82) is 0 Å². The average Bonchev–Trinajstić information content (AvgIpc) is 2.19. The van der Waals surface area contributed by atoms with E-state index in [-0.39, 0.29) is 0 Å². The summed E-state index contributed by atoms with van der Waals surface area (Å²) in [7, 11) is 0. The number of hydrogen-bond donors (Lipinski definition) is 1. The maximum atomic E-state index is 3.56. The Kier molecular flexibility index (Phi) is 5.48. The van der Waals surface area contributed by atoms with Crippen molar-refractivity contribution in [2.24, 2.45) is 0 Å². The first-order valence-corrected chi connectivity index (χ1v) is 6.34. The number of benzene rings is 1. The standard InChI is InChI=1S/C12H18IN/c1-3-8-14-12(4-2)10-6-5-7-11(13)9-10/h5-7,9,12,14H,3-4,8H2,1-2H3. The van der Waals surface area contributed by atoms with Gasteiger partial charge < -0.3 is 5.32 Å². The molecule has 78 valence electrons. The van der Waals surface area contributed by atoms with Crippen molar-refractivity contribution >= 4 is 22.6 Å². The van der Waals surface area contributed by atoms with Crippen molar-refractivity contribution in [2.75, 3.05) is 6.54 Å². The predicted molar refractivity (Wildman–Crippen MR) is 70.5 cm³/mol. The Labute approximate surface area is 100 Å². The molecule has 0 heterocycles. The van der Waals surface area contributed by atoms with Crippen LogP contribution in [0.4, 0.5) is 0 Å². The zero-order chi connectivity index (χ0) is 10.4. The number of hydrogen-bond acceptors (Lipinski definition) is 1. The summed E-state index contributed by atoms with van der Waals surface area (Å²) in [5, 5.41) is 3.56. The van der Waals surface area contributed by atoms with E-state index in [0.29, 0.717) is 6.04 Å². The minimum atomic E-state index is 0.518. The van der Waals surface area contributed by atoms with Crippen LogP contribution in [0.5, 0.6) is 0 Å². The molecule has 1 unspecified atom stereocenters. The topological polar surface area (TPSA) is 12.0 Å². The van der Waals surface area contributed by atoms with Crippen LogP contribution in [-0.4, -0.2) is 6.54 Å². The second kappa shape index (κ2) is 6.40. The third-order valence-corrected chi connectivity index (χ3v) is 2.97. The molecule has 1 rings (SSSR count). The van der Waals surface area contributed by atoms with E-state index in [2.05, 4.69) is 66.0 Å². The first-order valence-electron chi connectivity index (χ1n) is 5.26. The fraction of sp³-hybridized carbons (Fsp3) is 0.500. The van der Waals surface area contributed by atoms with E-state index in [1.165, 1.54) is 15.6 Å². The van der Waals surface area contributed by atoms with Crippen LogP contribution in [0.25, 0.3) is 0 Å². The molecule has 0 spiro atoms. The molecule has 1 aromatic rings. The van der Waals surface area contributed by atoms with Crippen molar-refractivity contribution in [3.63, 3.8) is 0 Å². The van der Waals surface area contributed by atoms with Gasteiger partial charge in [0.15, 0.2) is 0 Å². The van der Waals surface area contributed by atoms with Gasteiger partial charge in [0.1, 0.15) is 0 Å². The van der Waals surface area contributed by atoms with Crippen LogP contribution in [0, 0.1) is 3.57 Å². The van der Waals surface area contributed by atoms with E-state index in [9.17, 15) is 0 Å². The monoisotopic (exact) mass is 303 g/mol. The second-order valence-corrected chi connectivity index (χ2v) is 4.72. The van der Waals surface area contributed by atoms with Gasteiger partial charge in [-0.3, -0.25) is 0 Å². The second-order valence-electron chi connectivity index (χ2n) is 3.47. The maximum Gasteiger partial charge on any atom is 0.0317 e. The van der Waals surface area contributed by atoms with Gasteiger partial charge in [0.2, 0.25) is 0 Å². The predicted octanol–water partition coefficient (Wildman–Crippen LogP) is 3.74. The van der Waals surface area contributed by atoms with E-state index in [4.69, 9.17) is 0 Å². The van der Waals surface area contributed by atoms with Gasteiger partial charge in [0, 0.05) is 9.61 Å². The van der Waals surface area contributed by atoms with Gasteiger partial charge in [-0.15, -0.1) is 0 Å². The van der Waals surface area contributed by atoms with Gasteiger partial charge in [-0.2, -0.15) is 0 Å². The lowest BCUT2D eigenvalue weighted by Gasteiger charge is -2.17. The molecule has 0 fully saturated rings. The molecule has 1 atom stereocenters. The van der Waals surface area contributed by atoms with E-state index in [1.807, 2.05) is 0 Å². The fourth-order valence-corrected chi connectivity index (χ4v) is 2.11. The minimum absolute atomic E-state index is 0.518. The van der Waals surface area contributed by atoms with Gasteiger partial charge in [-0.1, -0.05) is 26.0 Å². The maximum absolute atomic E-state index is 3.56. The van der Waals surface area contributed by atoms with Gasteiger partial charge in [0.25, 0.3) is 0 Å². The minimum Gasteiger partial charge on any atom is -0.310 e. The Balaban J connectivity index is 2.68. The molecule has 0 saturated carbocycles. The van der Waals surface area contributed by atoms with Crippen LogP contribution < -0.4 is 5.32 Å². The highest BCUT2D eigenvalue weighted by molar-refractivity contribution is 14.1. The highest BCUT2D eigenvalue weighted by Gasteiger charge is 2.07. The molecule has 1 N–H and O–H groups in total. The molecule has 0 aliphatic carbocycles. The summed E-state index contributed by atoms with van der Waals surface area (Å²) in [6, 6.07) is 9.25. The van der Waals surface area contributed by atoms with Crippen molar-refractivity contribution in [3.05, 3.63) is 33.4 Å². The Morgan fingerprint density at radius 3 is 2.71 bits per heavy atom. The number of nitrogens with one attached hydrogen (secondary N) is 1. The zero-order valence-electron chi connectivity index (χ0n) is 8.89. The quantitative estimate of drug-likeness (QED) is 0.817. The molecular weight excluding hydrogens is 285 g/mol. The fourth-order valence-electron chi connectivity index (χ4n) is 1.54. The van der Waals surface area contributed by atoms with Crippen LogP contribution in [0.1, 0.15) is 38.3 Å². The Morgan fingerprint density at radius 1 is 1.36 bits per heavy atom. The molecular formula is C12H18IN. The van der Waals surface area contributed by atoms with Gasteiger partial charge in [-0.25, -0.2) is 0 Å². The lowest BCUT2D eigenvalue weighted by molar-refractivity contribution is 0.518. The summed E-state index contributed by atoms with van der Waals surface area (Å²) >= 11 is 2.37. The summed E-state index contributed by atoms with van der Waals surface area (Å²) in [6.07, 6.45) is 2.35. The molecule has 2 heteroatoms. The van der Waals surface area contributed by atoms with E-state index >= 15 is 0 Å². The summed E-state index contributed by atoms with van der Waals surface area (Å²) < 4.78 is 1.32. The third-order valence-electron chi connectivity index (χ3n) is 2.30. The summed E-state index contributed by atoms with van der Waals surface area (Å²) in [6.45, 7) is 5.53. The van der Waals surface area contributed by atoms with Crippen LogP contribution in [0.3, 0.4) is 0 Å². The normalized spacial score (nSPS) is 12.8. The van der Waals surface area contributed by atoms with E-state index < -0.39 is 0 Å². The SMILES string of the molecule is CCCNC(CC)c1cccc(I)c1. The van der Waals surface area contributed by atoms with E-state index in [1.54, 1.807) is 0 Å². The highest BCUT2D eigenvalue weighted by atomic mass is 127. The Hall–Kier alpha value is -0.0900. The van der Waals surface area contributed by atoms with E-state index in [0.717, 1.165) is 13.0 Å². The van der Waals surface area contributed by atoms with Crippen molar-refractivity contribution in [1.82, 2.24) is 5.32 Å². The van der Waals surface area contributed by atoms with Crippen molar-refractivity contribution in [2.45, 2.75) is 32.7 Å². The van der Waals surface area contributed by atoms with Crippen LogP contribution in [-0.2, 0) is 0 Å². The lowest BCUT2D eigenvalue weighted by Crippen LogP contribution is -2.21. The molecule has 0 bridgehead atoms. The molecule has 1 aromatic carbocycles. The average molecular weight is 303 g/mol. The van der Waals surface area contributed by atoms with Crippen LogP contribution in [0.2, 0.25) is 0 Å².